The molecular weight excluding hydrogens is 741 g/mol. The van der Waals surface area contributed by atoms with Gasteiger partial charge in [-0.05, 0) is 113 Å². The highest BCUT2D eigenvalue weighted by atomic mass is 79.9. The fraction of sp³-hybridized carbons (Fsp3) is 0.278. The number of ether oxygens (including phenoxy) is 1. The average Bonchev–Trinajstić information content (AvgIpc) is 2.68. The Morgan fingerprint density at radius 3 is 1.87 bits per heavy atom. The fourth-order valence-electron chi connectivity index (χ4n) is 2.10. The molecule has 164 valence electrons. The molecule has 2 rings (SSSR count). The number of halogens is 5. The second-order valence-electron chi connectivity index (χ2n) is 6.23. The highest BCUT2D eigenvalue weighted by Gasteiger charge is 2.36. The minimum absolute atomic E-state index is 0.202. The number of carbonyl (C=O) groups excluding carboxylic acids is 1. The zero-order chi connectivity index (χ0) is 22.6. The van der Waals surface area contributed by atoms with Crippen LogP contribution in [-0.4, -0.2) is 18.1 Å². The van der Waals surface area contributed by atoms with Gasteiger partial charge >= 0.3 is 13.7 Å². The third-order valence-electron chi connectivity index (χ3n) is 3.41. The summed E-state index contributed by atoms with van der Waals surface area (Å²) in [7, 11) is -4.09. The lowest BCUT2D eigenvalue weighted by atomic mass is 10.3. The highest BCUT2D eigenvalue weighted by Crippen LogP contribution is 2.54. The molecule has 0 aromatic heterocycles. The number of esters is 1. The third kappa shape index (κ3) is 6.80. The largest absolute Gasteiger partial charge is 0.513 e. The van der Waals surface area contributed by atoms with Crippen molar-refractivity contribution in [3.8, 4) is 11.5 Å². The van der Waals surface area contributed by atoms with Crippen LogP contribution in [0.25, 0.3) is 0 Å². The van der Waals surface area contributed by atoms with Gasteiger partial charge in [-0.25, -0.2) is 4.57 Å². The van der Waals surface area contributed by atoms with E-state index in [1.807, 2.05) is 0 Å². The van der Waals surface area contributed by atoms with Gasteiger partial charge in [-0.1, -0.05) is 18.2 Å². The van der Waals surface area contributed by atoms with Crippen LogP contribution in [0.2, 0.25) is 0 Å². The summed E-state index contributed by atoms with van der Waals surface area (Å²) in [4.78, 5) is 12.3. The smallest absolute Gasteiger partial charge is 0.462 e. The van der Waals surface area contributed by atoms with E-state index >= 15 is 0 Å². The van der Waals surface area contributed by atoms with Crippen LogP contribution >= 0.6 is 87.4 Å². The predicted octanol–water partition coefficient (Wildman–Crippen LogP) is 7.99. The van der Waals surface area contributed by atoms with E-state index in [0.29, 0.717) is 28.1 Å². The van der Waals surface area contributed by atoms with Gasteiger partial charge in [0.25, 0.3) is 0 Å². The van der Waals surface area contributed by atoms with Gasteiger partial charge < -0.3 is 13.8 Å². The number of benzene rings is 2. The molecule has 2 atom stereocenters. The number of rotatable bonds is 8. The molecule has 0 heterocycles. The van der Waals surface area contributed by atoms with Crippen LogP contribution in [0.15, 0.2) is 52.7 Å². The second kappa shape index (κ2) is 11.3. The zero-order valence-electron chi connectivity index (χ0n) is 15.9. The number of para-hydroxylation sites is 1. The van der Waals surface area contributed by atoms with Gasteiger partial charge in [0.1, 0.15) is 11.8 Å². The number of nitrogens with one attached hydrogen (secondary N) is 1. The lowest BCUT2D eigenvalue weighted by Gasteiger charge is -2.25. The first kappa shape index (κ1) is 26.4. The Kier molecular flexibility index (Phi) is 9.92. The number of carbonyl (C=O) groups is 1. The van der Waals surface area contributed by atoms with Crippen molar-refractivity contribution in [1.29, 1.82) is 0 Å². The van der Waals surface area contributed by atoms with Crippen LogP contribution in [0.5, 0.6) is 11.5 Å². The summed E-state index contributed by atoms with van der Waals surface area (Å²) in [5.41, 5.74) is 0. The van der Waals surface area contributed by atoms with E-state index in [2.05, 4.69) is 84.7 Å². The Labute approximate surface area is 217 Å². The van der Waals surface area contributed by atoms with Crippen LogP contribution in [0, 0.1) is 0 Å². The minimum Gasteiger partial charge on any atom is -0.462 e. The summed E-state index contributed by atoms with van der Waals surface area (Å²) in [6, 6.07) is 7.56. The van der Waals surface area contributed by atoms with Crippen molar-refractivity contribution in [2.24, 2.45) is 0 Å². The molecule has 2 aromatic carbocycles. The van der Waals surface area contributed by atoms with Gasteiger partial charge in [0.15, 0.2) is 5.75 Å². The molecule has 0 amide bonds. The standard InChI is InChI=1S/C18H17Br5NO5P/c1-9(2)27-18(25)10(3)24-30(26,28-11-7-5-4-6-8-11)29-17-15(22)13(20)12(19)14(21)16(17)23/h4-10H,1-3H3,(H,24,26)/t10-,30?/m0/s1. The van der Waals surface area contributed by atoms with Crippen LogP contribution in [0.3, 0.4) is 0 Å². The molecule has 0 radical (unpaired) electrons. The van der Waals surface area contributed by atoms with E-state index in [1.54, 1.807) is 44.2 Å². The molecule has 12 heteroatoms. The van der Waals surface area contributed by atoms with Crippen molar-refractivity contribution < 1.29 is 23.1 Å². The molecule has 1 unspecified atom stereocenters. The Bertz CT molecular complexity index is 944. The summed E-state index contributed by atoms with van der Waals surface area (Å²) in [6.45, 7) is 4.98. The van der Waals surface area contributed by atoms with Crippen LogP contribution in [0.1, 0.15) is 20.8 Å². The SMILES string of the molecule is CC(C)OC(=O)[C@H](C)NP(=O)(Oc1ccccc1)Oc1c(Br)c(Br)c(Br)c(Br)c1Br. The highest BCUT2D eigenvalue weighted by molar-refractivity contribution is 9.15. The maximum atomic E-state index is 13.7. The van der Waals surface area contributed by atoms with Gasteiger partial charge in [-0.3, -0.25) is 4.79 Å². The molecule has 0 spiro atoms. The average molecular weight is 758 g/mol. The normalized spacial score (nSPS) is 14.2. The predicted molar refractivity (Wildman–Crippen MR) is 134 cm³/mol. The van der Waals surface area contributed by atoms with E-state index < -0.39 is 19.8 Å². The van der Waals surface area contributed by atoms with Crippen LogP contribution < -0.4 is 14.1 Å². The fourth-order valence-corrected chi connectivity index (χ4v) is 7.07. The van der Waals surface area contributed by atoms with E-state index in [9.17, 15) is 9.36 Å². The quantitative estimate of drug-likeness (QED) is 0.128. The second-order valence-corrected chi connectivity index (χ2v) is 11.8. The number of hydrogen-bond donors (Lipinski definition) is 1. The van der Waals surface area contributed by atoms with Crippen molar-refractivity contribution in [3.63, 3.8) is 0 Å². The van der Waals surface area contributed by atoms with Crippen molar-refractivity contribution in [1.82, 2.24) is 5.09 Å². The Morgan fingerprint density at radius 2 is 1.37 bits per heavy atom. The Hall–Kier alpha value is 0.100. The number of hydrogen-bond acceptors (Lipinski definition) is 5. The first-order valence-corrected chi connectivity index (χ1v) is 14.0. The van der Waals surface area contributed by atoms with Crippen molar-refractivity contribution in [3.05, 3.63) is 52.7 Å². The molecule has 0 saturated carbocycles. The molecule has 30 heavy (non-hydrogen) atoms. The molecular formula is C18H17Br5NO5P. The van der Waals surface area contributed by atoms with Crippen LogP contribution in [-0.2, 0) is 14.1 Å². The minimum atomic E-state index is -4.09. The summed E-state index contributed by atoms with van der Waals surface area (Å²) >= 11 is 17.2. The van der Waals surface area contributed by atoms with E-state index in [0.717, 1.165) is 0 Å². The molecule has 2 aromatic rings. The van der Waals surface area contributed by atoms with E-state index in [4.69, 9.17) is 13.8 Å². The van der Waals surface area contributed by atoms with Gasteiger partial charge in [-0.15, -0.1) is 0 Å². The molecule has 0 saturated heterocycles. The molecule has 1 N–H and O–H groups in total. The topological polar surface area (TPSA) is 73.9 Å². The molecule has 0 fully saturated rings. The van der Waals surface area contributed by atoms with Gasteiger partial charge in [-0.2, -0.15) is 5.09 Å². The van der Waals surface area contributed by atoms with Crippen LogP contribution in [0.4, 0.5) is 0 Å². The van der Waals surface area contributed by atoms with Gasteiger partial charge in [0.05, 0.1) is 24.0 Å². The maximum absolute atomic E-state index is 13.7. The Balaban J connectivity index is 2.45. The first-order chi connectivity index (χ1) is 13.9. The lowest BCUT2D eigenvalue weighted by molar-refractivity contribution is -0.149. The molecule has 0 bridgehead atoms. The molecule has 0 aliphatic heterocycles. The van der Waals surface area contributed by atoms with Gasteiger partial charge in [0, 0.05) is 4.47 Å². The maximum Gasteiger partial charge on any atom is 0.513 e. The summed E-state index contributed by atoms with van der Waals surface area (Å²) < 4.78 is 33.4. The summed E-state index contributed by atoms with van der Waals surface area (Å²) in [6.07, 6.45) is -0.321. The van der Waals surface area contributed by atoms with E-state index in [-0.39, 0.29) is 11.9 Å². The van der Waals surface area contributed by atoms with E-state index in [1.165, 1.54) is 6.92 Å². The zero-order valence-corrected chi connectivity index (χ0v) is 24.7. The Morgan fingerprint density at radius 1 is 0.867 bits per heavy atom. The van der Waals surface area contributed by atoms with Gasteiger partial charge in [0.2, 0.25) is 0 Å². The molecule has 0 aliphatic carbocycles. The van der Waals surface area contributed by atoms with Crippen molar-refractivity contribution in [2.75, 3.05) is 0 Å². The molecule has 0 aliphatic rings. The molecule has 6 nitrogen and oxygen atoms in total. The lowest BCUT2D eigenvalue weighted by Crippen LogP contribution is -2.36. The first-order valence-electron chi connectivity index (χ1n) is 8.49. The third-order valence-corrected chi connectivity index (χ3v) is 11.0. The summed E-state index contributed by atoms with van der Waals surface area (Å²) in [5.74, 6) is -0.0739. The van der Waals surface area contributed by atoms with Crippen molar-refractivity contribution >= 4 is 93.4 Å². The van der Waals surface area contributed by atoms with Crippen molar-refractivity contribution in [2.45, 2.75) is 32.9 Å². The monoisotopic (exact) mass is 753 g/mol. The summed E-state index contributed by atoms with van der Waals surface area (Å²) in [5, 5.41) is 2.66.